The minimum absolute atomic E-state index is 0.155. The Balaban J connectivity index is 2.49. The van der Waals surface area contributed by atoms with Crippen molar-refractivity contribution < 1.29 is 0 Å². The van der Waals surface area contributed by atoms with Gasteiger partial charge < -0.3 is 5.73 Å². The van der Waals surface area contributed by atoms with E-state index < -0.39 is 0 Å². The zero-order valence-corrected chi connectivity index (χ0v) is 8.80. The van der Waals surface area contributed by atoms with Crippen molar-refractivity contribution in [3.05, 3.63) is 0 Å². The quantitative estimate of drug-likeness (QED) is 0.692. The first kappa shape index (κ1) is 10.0. The van der Waals surface area contributed by atoms with Gasteiger partial charge in [-0.3, -0.25) is 4.90 Å². The molecule has 0 bridgehead atoms. The Morgan fingerprint density at radius 3 is 2.33 bits per heavy atom. The van der Waals surface area contributed by atoms with Crippen LogP contribution in [0.1, 0.15) is 33.6 Å². The maximum atomic E-state index is 5.72. The third-order valence-electron chi connectivity index (χ3n) is 3.37. The molecule has 1 aliphatic rings. The second-order valence-electron chi connectivity index (χ2n) is 4.71. The SMILES string of the molecule is CC(C1CC1)N(C)C(C)(C)CN. The maximum Gasteiger partial charge on any atom is 0.0275 e. The summed E-state index contributed by atoms with van der Waals surface area (Å²) < 4.78 is 0. The van der Waals surface area contributed by atoms with Gasteiger partial charge in [0.15, 0.2) is 0 Å². The lowest BCUT2D eigenvalue weighted by molar-refractivity contribution is 0.104. The molecule has 0 aromatic carbocycles. The average Bonchev–Trinajstić information content (AvgIpc) is 2.84. The van der Waals surface area contributed by atoms with Gasteiger partial charge in [-0.25, -0.2) is 0 Å². The molecule has 2 nitrogen and oxygen atoms in total. The third-order valence-corrected chi connectivity index (χ3v) is 3.37. The van der Waals surface area contributed by atoms with Crippen LogP contribution in [0.2, 0.25) is 0 Å². The van der Waals surface area contributed by atoms with E-state index in [4.69, 9.17) is 5.73 Å². The Bertz CT molecular complexity index is 150. The van der Waals surface area contributed by atoms with E-state index in [1.807, 2.05) is 0 Å². The molecule has 1 unspecified atom stereocenters. The molecular weight excluding hydrogens is 148 g/mol. The Labute approximate surface area is 76.1 Å². The molecule has 0 aliphatic heterocycles. The van der Waals surface area contributed by atoms with E-state index in [9.17, 15) is 0 Å². The molecule has 1 fully saturated rings. The largest absolute Gasteiger partial charge is 0.329 e. The molecule has 0 spiro atoms. The number of hydrogen-bond donors (Lipinski definition) is 1. The van der Waals surface area contributed by atoms with Gasteiger partial charge in [0.25, 0.3) is 0 Å². The zero-order valence-electron chi connectivity index (χ0n) is 8.80. The standard InChI is InChI=1S/C10H22N2/c1-8(9-5-6-9)12(4)10(2,3)7-11/h8-9H,5-7,11H2,1-4H3. The van der Waals surface area contributed by atoms with Gasteiger partial charge in [0.05, 0.1) is 0 Å². The van der Waals surface area contributed by atoms with Gasteiger partial charge in [0.1, 0.15) is 0 Å². The van der Waals surface area contributed by atoms with Gasteiger partial charge in [-0.15, -0.1) is 0 Å². The topological polar surface area (TPSA) is 29.3 Å². The van der Waals surface area contributed by atoms with Crippen LogP contribution in [-0.4, -0.2) is 30.1 Å². The molecule has 0 radical (unpaired) electrons. The van der Waals surface area contributed by atoms with Crippen LogP contribution in [0.4, 0.5) is 0 Å². The summed E-state index contributed by atoms with van der Waals surface area (Å²) in [7, 11) is 2.19. The molecule has 0 heterocycles. The predicted molar refractivity (Wildman–Crippen MR) is 53.1 cm³/mol. The second-order valence-corrected chi connectivity index (χ2v) is 4.71. The number of rotatable bonds is 4. The fraction of sp³-hybridized carbons (Fsp3) is 1.00. The van der Waals surface area contributed by atoms with Crippen molar-refractivity contribution in [1.82, 2.24) is 4.90 Å². The van der Waals surface area contributed by atoms with Crippen LogP contribution in [0.3, 0.4) is 0 Å². The van der Waals surface area contributed by atoms with Crippen molar-refractivity contribution in [3.8, 4) is 0 Å². The molecule has 0 aromatic rings. The molecule has 1 aliphatic carbocycles. The Kier molecular flexibility index (Phi) is 2.79. The summed E-state index contributed by atoms with van der Waals surface area (Å²) in [5.74, 6) is 0.931. The predicted octanol–water partition coefficient (Wildman–Crippen LogP) is 1.45. The summed E-state index contributed by atoms with van der Waals surface area (Å²) in [5.41, 5.74) is 5.88. The molecule has 0 saturated heterocycles. The highest BCUT2D eigenvalue weighted by Gasteiger charge is 2.35. The summed E-state index contributed by atoms with van der Waals surface area (Å²) in [5, 5.41) is 0. The third kappa shape index (κ3) is 1.99. The minimum Gasteiger partial charge on any atom is -0.329 e. The monoisotopic (exact) mass is 170 g/mol. The van der Waals surface area contributed by atoms with Crippen molar-refractivity contribution in [2.45, 2.75) is 45.2 Å². The van der Waals surface area contributed by atoms with Crippen LogP contribution >= 0.6 is 0 Å². The van der Waals surface area contributed by atoms with Gasteiger partial charge in [-0.1, -0.05) is 0 Å². The fourth-order valence-electron chi connectivity index (χ4n) is 1.59. The van der Waals surface area contributed by atoms with E-state index in [1.54, 1.807) is 0 Å². The van der Waals surface area contributed by atoms with E-state index in [0.717, 1.165) is 12.5 Å². The van der Waals surface area contributed by atoms with E-state index in [1.165, 1.54) is 12.8 Å². The molecule has 1 rings (SSSR count). The first-order valence-electron chi connectivity index (χ1n) is 4.92. The van der Waals surface area contributed by atoms with Crippen LogP contribution in [-0.2, 0) is 0 Å². The molecular formula is C10H22N2. The van der Waals surface area contributed by atoms with E-state index in [0.29, 0.717) is 6.04 Å². The lowest BCUT2D eigenvalue weighted by Gasteiger charge is -2.39. The van der Waals surface area contributed by atoms with Crippen molar-refractivity contribution in [1.29, 1.82) is 0 Å². The summed E-state index contributed by atoms with van der Waals surface area (Å²) in [4.78, 5) is 2.42. The molecule has 2 heteroatoms. The minimum atomic E-state index is 0.155. The fourth-order valence-corrected chi connectivity index (χ4v) is 1.59. The Morgan fingerprint density at radius 2 is 2.00 bits per heavy atom. The lowest BCUT2D eigenvalue weighted by atomic mass is 10.0. The molecule has 1 atom stereocenters. The van der Waals surface area contributed by atoms with E-state index >= 15 is 0 Å². The molecule has 0 aromatic heterocycles. The van der Waals surface area contributed by atoms with Crippen molar-refractivity contribution in [2.75, 3.05) is 13.6 Å². The highest BCUT2D eigenvalue weighted by molar-refractivity contribution is 4.90. The number of nitrogens with zero attached hydrogens (tertiary/aromatic N) is 1. The number of nitrogens with two attached hydrogens (primary N) is 1. The molecule has 72 valence electrons. The summed E-state index contributed by atoms with van der Waals surface area (Å²) in [6, 6.07) is 0.698. The first-order chi connectivity index (χ1) is 5.49. The molecule has 12 heavy (non-hydrogen) atoms. The van der Waals surface area contributed by atoms with Crippen LogP contribution in [0.5, 0.6) is 0 Å². The Hall–Kier alpha value is -0.0800. The molecule has 1 saturated carbocycles. The molecule has 0 amide bonds. The van der Waals surface area contributed by atoms with Crippen LogP contribution in [0, 0.1) is 5.92 Å². The van der Waals surface area contributed by atoms with Crippen LogP contribution in [0.25, 0.3) is 0 Å². The highest BCUT2D eigenvalue weighted by atomic mass is 15.2. The van der Waals surface area contributed by atoms with Crippen LogP contribution < -0.4 is 5.73 Å². The second kappa shape index (κ2) is 3.35. The first-order valence-corrected chi connectivity index (χ1v) is 4.92. The van der Waals surface area contributed by atoms with Crippen molar-refractivity contribution >= 4 is 0 Å². The average molecular weight is 170 g/mol. The summed E-state index contributed by atoms with van der Waals surface area (Å²) in [6.45, 7) is 7.48. The maximum absolute atomic E-state index is 5.72. The molecule has 2 N–H and O–H groups in total. The van der Waals surface area contributed by atoms with Crippen molar-refractivity contribution in [3.63, 3.8) is 0 Å². The lowest BCUT2D eigenvalue weighted by Crippen LogP contribution is -2.51. The normalized spacial score (nSPS) is 21.5. The van der Waals surface area contributed by atoms with Gasteiger partial charge in [0.2, 0.25) is 0 Å². The highest BCUT2D eigenvalue weighted by Crippen LogP contribution is 2.36. The number of hydrogen-bond acceptors (Lipinski definition) is 2. The van der Waals surface area contributed by atoms with E-state index in [2.05, 4.69) is 32.7 Å². The van der Waals surface area contributed by atoms with Gasteiger partial charge in [-0.05, 0) is 46.6 Å². The summed E-state index contributed by atoms with van der Waals surface area (Å²) >= 11 is 0. The Morgan fingerprint density at radius 1 is 1.50 bits per heavy atom. The van der Waals surface area contributed by atoms with Crippen LogP contribution in [0.15, 0.2) is 0 Å². The summed E-state index contributed by atoms with van der Waals surface area (Å²) in [6.07, 6.45) is 2.82. The van der Waals surface area contributed by atoms with Crippen molar-refractivity contribution in [2.24, 2.45) is 11.7 Å². The number of likely N-dealkylation sites (N-methyl/N-ethyl adjacent to an activating group) is 1. The van der Waals surface area contributed by atoms with Gasteiger partial charge in [0, 0.05) is 18.1 Å². The zero-order chi connectivity index (χ0) is 9.35. The van der Waals surface area contributed by atoms with E-state index in [-0.39, 0.29) is 5.54 Å². The van der Waals surface area contributed by atoms with Gasteiger partial charge in [-0.2, -0.15) is 0 Å². The smallest absolute Gasteiger partial charge is 0.0275 e. The van der Waals surface area contributed by atoms with Gasteiger partial charge >= 0.3 is 0 Å².